The number of halogens is 8. The summed E-state index contributed by atoms with van der Waals surface area (Å²) in [4.78, 5) is 12.4. The molecule has 0 aliphatic carbocycles. The van der Waals surface area contributed by atoms with E-state index in [0.29, 0.717) is 4.47 Å². The Morgan fingerprint density at radius 3 is 1.92 bits per heavy atom. The number of carbonyl (C=O) groups excluding carboxylic acids is 1. The number of hydrogen-bond acceptors (Lipinski definition) is 4. The number of alkyl halides is 6. The monoisotopic (exact) mass is 660 g/mol. The predicted octanol–water partition coefficient (Wildman–Crippen LogP) is 7.18. The van der Waals surface area contributed by atoms with E-state index in [4.69, 9.17) is 0 Å². The van der Waals surface area contributed by atoms with Crippen molar-refractivity contribution in [3.05, 3.63) is 80.7 Å². The summed E-state index contributed by atoms with van der Waals surface area (Å²) < 4.78 is 109. The van der Waals surface area contributed by atoms with E-state index in [2.05, 4.69) is 46.6 Å². The molecular weight excluding hydrogens is 650 g/mol. The Kier molecular flexibility index (Phi) is 7.95. The molecule has 0 aromatic heterocycles. The van der Waals surface area contributed by atoms with Crippen molar-refractivity contribution < 1.29 is 44.3 Å². The standard InChI is InChI=1S/C21H12Br2F6N2O4S/c22-11-1-7-17(31-36(33,34)14-5-3-13(4-6-14)35-21(27,28)29)15(9-11)19(32)30-18-8-2-12(23)10-16(18)20(24,25)26/h1-10,31H,(H,30,32). The van der Waals surface area contributed by atoms with Gasteiger partial charge in [0.1, 0.15) is 5.75 Å². The van der Waals surface area contributed by atoms with Crippen LogP contribution in [0.1, 0.15) is 15.9 Å². The number of carbonyl (C=O) groups is 1. The number of sulfonamides is 1. The number of benzene rings is 3. The van der Waals surface area contributed by atoms with Crippen molar-refractivity contribution in [1.29, 1.82) is 0 Å². The smallest absolute Gasteiger partial charge is 0.406 e. The van der Waals surface area contributed by atoms with Crippen molar-refractivity contribution in [2.45, 2.75) is 17.4 Å². The summed E-state index contributed by atoms with van der Waals surface area (Å²) in [6.07, 6.45) is -9.77. The second kappa shape index (κ2) is 10.3. The normalized spacial score (nSPS) is 12.2. The van der Waals surface area contributed by atoms with Crippen LogP contribution in [0.4, 0.5) is 37.7 Å². The molecule has 3 aromatic carbocycles. The molecule has 0 saturated heterocycles. The maximum absolute atomic E-state index is 13.4. The van der Waals surface area contributed by atoms with Crippen molar-refractivity contribution in [2.24, 2.45) is 0 Å². The van der Waals surface area contributed by atoms with Crippen LogP contribution in [-0.4, -0.2) is 20.7 Å². The van der Waals surface area contributed by atoms with Crippen LogP contribution in [0, 0.1) is 0 Å². The van der Waals surface area contributed by atoms with E-state index in [1.54, 1.807) is 0 Å². The number of rotatable bonds is 6. The second-order valence-electron chi connectivity index (χ2n) is 6.96. The lowest BCUT2D eigenvalue weighted by Gasteiger charge is -2.16. The number of anilines is 2. The molecule has 0 radical (unpaired) electrons. The van der Waals surface area contributed by atoms with Gasteiger partial charge >= 0.3 is 12.5 Å². The van der Waals surface area contributed by atoms with Crippen molar-refractivity contribution in [2.75, 3.05) is 10.0 Å². The molecule has 0 fully saturated rings. The zero-order valence-corrected chi connectivity index (χ0v) is 21.3. The Labute approximate surface area is 217 Å². The molecule has 0 unspecified atom stereocenters. The van der Waals surface area contributed by atoms with Crippen molar-refractivity contribution in [3.63, 3.8) is 0 Å². The quantitative estimate of drug-likeness (QED) is 0.274. The summed E-state index contributed by atoms with van der Waals surface area (Å²) in [5, 5.41) is 2.12. The van der Waals surface area contributed by atoms with E-state index in [-0.39, 0.29) is 15.7 Å². The van der Waals surface area contributed by atoms with Crippen molar-refractivity contribution in [3.8, 4) is 5.75 Å². The van der Waals surface area contributed by atoms with Gasteiger partial charge in [0, 0.05) is 8.95 Å². The largest absolute Gasteiger partial charge is 0.573 e. The van der Waals surface area contributed by atoms with E-state index in [0.717, 1.165) is 36.4 Å². The molecule has 0 aliphatic rings. The Morgan fingerprint density at radius 1 is 0.806 bits per heavy atom. The highest BCUT2D eigenvalue weighted by Crippen LogP contribution is 2.37. The molecule has 15 heteroatoms. The maximum atomic E-state index is 13.4. The summed E-state index contributed by atoms with van der Waals surface area (Å²) in [6, 6.07) is 10.1. The van der Waals surface area contributed by atoms with Gasteiger partial charge in [0.15, 0.2) is 0 Å². The highest BCUT2D eigenvalue weighted by atomic mass is 79.9. The molecule has 1 amide bonds. The van der Waals surface area contributed by atoms with E-state index >= 15 is 0 Å². The van der Waals surface area contributed by atoms with Crippen LogP contribution < -0.4 is 14.8 Å². The summed E-state index contributed by atoms with van der Waals surface area (Å²) in [5.74, 6) is -1.71. The fourth-order valence-electron chi connectivity index (χ4n) is 2.87. The van der Waals surface area contributed by atoms with E-state index in [1.165, 1.54) is 24.3 Å². The highest BCUT2D eigenvalue weighted by Gasteiger charge is 2.34. The molecule has 0 atom stereocenters. The summed E-state index contributed by atoms with van der Waals surface area (Å²) in [7, 11) is -4.42. The molecule has 192 valence electrons. The summed E-state index contributed by atoms with van der Waals surface area (Å²) in [5.41, 5.74) is -2.33. The van der Waals surface area contributed by atoms with Crippen LogP contribution in [0.15, 0.2) is 74.5 Å². The Balaban J connectivity index is 1.91. The first-order valence-corrected chi connectivity index (χ1v) is 12.5. The average Bonchev–Trinajstić information content (AvgIpc) is 2.74. The second-order valence-corrected chi connectivity index (χ2v) is 10.5. The third-order valence-electron chi connectivity index (χ3n) is 4.37. The first-order valence-electron chi connectivity index (χ1n) is 9.41. The molecule has 0 spiro atoms. The van der Waals surface area contributed by atoms with Gasteiger partial charge < -0.3 is 10.1 Å². The van der Waals surface area contributed by atoms with Crippen molar-refractivity contribution in [1.82, 2.24) is 0 Å². The fourth-order valence-corrected chi connectivity index (χ4v) is 4.67. The van der Waals surface area contributed by atoms with Gasteiger partial charge in [-0.25, -0.2) is 8.42 Å². The topological polar surface area (TPSA) is 84.5 Å². The lowest BCUT2D eigenvalue weighted by atomic mass is 10.1. The first kappa shape index (κ1) is 27.8. The average molecular weight is 662 g/mol. The molecule has 0 bridgehead atoms. The SMILES string of the molecule is O=C(Nc1ccc(Br)cc1C(F)(F)F)c1cc(Br)ccc1NS(=O)(=O)c1ccc(OC(F)(F)F)cc1. The van der Waals surface area contributed by atoms with Crippen LogP contribution in [0.3, 0.4) is 0 Å². The highest BCUT2D eigenvalue weighted by molar-refractivity contribution is 9.10. The lowest BCUT2D eigenvalue weighted by Crippen LogP contribution is -2.20. The third kappa shape index (κ3) is 7.13. The van der Waals surface area contributed by atoms with E-state index in [1.807, 2.05) is 0 Å². The van der Waals surface area contributed by atoms with Gasteiger partial charge in [-0.05, 0) is 60.7 Å². The Bertz CT molecular complexity index is 1390. The minimum absolute atomic E-state index is 0.121. The van der Waals surface area contributed by atoms with Gasteiger partial charge in [0.2, 0.25) is 0 Å². The minimum atomic E-state index is -4.97. The number of nitrogens with one attached hydrogen (secondary N) is 2. The van der Waals surface area contributed by atoms with Gasteiger partial charge in [-0.1, -0.05) is 31.9 Å². The fraction of sp³-hybridized carbons (Fsp3) is 0.0952. The molecule has 2 N–H and O–H groups in total. The Hall–Kier alpha value is -2.78. The van der Waals surface area contributed by atoms with E-state index in [9.17, 15) is 39.6 Å². The summed E-state index contributed by atoms with van der Waals surface area (Å²) >= 11 is 6.05. The van der Waals surface area contributed by atoms with E-state index < -0.39 is 50.4 Å². The lowest BCUT2D eigenvalue weighted by molar-refractivity contribution is -0.274. The molecule has 6 nitrogen and oxygen atoms in total. The Morgan fingerprint density at radius 2 is 1.36 bits per heavy atom. The predicted molar refractivity (Wildman–Crippen MR) is 125 cm³/mol. The molecule has 36 heavy (non-hydrogen) atoms. The molecule has 0 heterocycles. The van der Waals surface area contributed by atoms with Crippen LogP contribution in [0.2, 0.25) is 0 Å². The van der Waals surface area contributed by atoms with Gasteiger partial charge in [0.05, 0.1) is 27.4 Å². The van der Waals surface area contributed by atoms with Gasteiger partial charge in [-0.2, -0.15) is 13.2 Å². The zero-order chi connectivity index (χ0) is 26.9. The minimum Gasteiger partial charge on any atom is -0.406 e. The first-order chi connectivity index (χ1) is 16.5. The third-order valence-corrected chi connectivity index (χ3v) is 6.74. The molecule has 0 saturated carbocycles. The molecule has 0 aliphatic heterocycles. The van der Waals surface area contributed by atoms with Crippen LogP contribution in [0.25, 0.3) is 0 Å². The van der Waals surface area contributed by atoms with Crippen LogP contribution in [0.5, 0.6) is 5.75 Å². The zero-order valence-electron chi connectivity index (χ0n) is 17.3. The number of amides is 1. The maximum Gasteiger partial charge on any atom is 0.573 e. The molecular formula is C21H12Br2F6N2O4S. The number of hydrogen-bond donors (Lipinski definition) is 2. The number of ether oxygens (including phenoxy) is 1. The molecule has 3 aromatic rings. The van der Waals surface area contributed by atoms with Crippen LogP contribution >= 0.6 is 31.9 Å². The van der Waals surface area contributed by atoms with Crippen LogP contribution in [-0.2, 0) is 16.2 Å². The van der Waals surface area contributed by atoms with Crippen molar-refractivity contribution >= 4 is 59.2 Å². The van der Waals surface area contributed by atoms with Gasteiger partial charge in [0.25, 0.3) is 15.9 Å². The summed E-state index contributed by atoms with van der Waals surface area (Å²) in [6.45, 7) is 0. The van der Waals surface area contributed by atoms with Gasteiger partial charge in [-0.3, -0.25) is 9.52 Å². The molecule has 3 rings (SSSR count). The van der Waals surface area contributed by atoms with Gasteiger partial charge in [-0.15, -0.1) is 13.2 Å².